The summed E-state index contributed by atoms with van der Waals surface area (Å²) in [5.41, 5.74) is 0.205. The van der Waals surface area contributed by atoms with Gasteiger partial charge in [0.15, 0.2) is 0 Å². The molecule has 128 valence electrons. The van der Waals surface area contributed by atoms with Gasteiger partial charge in [0.05, 0.1) is 11.5 Å². The van der Waals surface area contributed by atoms with Gasteiger partial charge in [0.2, 0.25) is 0 Å². The molecule has 4 nitrogen and oxygen atoms in total. The number of amides is 1. The van der Waals surface area contributed by atoms with Crippen molar-refractivity contribution in [3.63, 3.8) is 0 Å². The fourth-order valence-electron chi connectivity index (χ4n) is 4.51. The molecule has 5 heteroatoms. The molecule has 0 N–H and O–H groups in total. The quantitative estimate of drug-likeness (QED) is 0.858. The lowest BCUT2D eigenvalue weighted by Crippen LogP contribution is -2.37. The van der Waals surface area contributed by atoms with Crippen LogP contribution in [0.5, 0.6) is 0 Å². The van der Waals surface area contributed by atoms with E-state index in [1.165, 1.54) is 4.70 Å². The van der Waals surface area contributed by atoms with E-state index < -0.39 is 0 Å². The molecule has 2 atom stereocenters. The second-order valence-corrected chi connectivity index (χ2v) is 8.42. The van der Waals surface area contributed by atoms with Gasteiger partial charge in [0.1, 0.15) is 0 Å². The predicted octanol–water partition coefficient (Wildman–Crippen LogP) is 2.94. The van der Waals surface area contributed by atoms with E-state index in [0.717, 1.165) is 49.5 Å². The Hall–Kier alpha value is -1.43. The van der Waals surface area contributed by atoms with Gasteiger partial charge >= 0.3 is 0 Å². The van der Waals surface area contributed by atoms with Crippen LogP contribution in [-0.4, -0.2) is 62.7 Å². The van der Waals surface area contributed by atoms with E-state index in [1.54, 1.807) is 18.4 Å². The van der Waals surface area contributed by atoms with Gasteiger partial charge in [-0.15, -0.1) is 11.3 Å². The lowest BCUT2D eigenvalue weighted by Gasteiger charge is -2.29. The van der Waals surface area contributed by atoms with Crippen molar-refractivity contribution < 1.29 is 9.53 Å². The second-order valence-electron chi connectivity index (χ2n) is 7.34. The van der Waals surface area contributed by atoms with Crippen LogP contribution in [0.3, 0.4) is 0 Å². The molecule has 0 saturated carbocycles. The zero-order chi connectivity index (χ0) is 16.7. The van der Waals surface area contributed by atoms with Crippen molar-refractivity contribution in [1.29, 1.82) is 0 Å². The number of likely N-dealkylation sites (tertiary alicyclic amines) is 2. The Bertz CT molecular complexity index is 726. The molecule has 0 radical (unpaired) electrons. The first-order valence-corrected chi connectivity index (χ1v) is 9.38. The van der Waals surface area contributed by atoms with Crippen molar-refractivity contribution in [2.75, 3.05) is 46.9 Å². The molecule has 4 rings (SSSR count). The normalized spacial score (nSPS) is 27.6. The van der Waals surface area contributed by atoms with Gasteiger partial charge in [-0.25, -0.2) is 0 Å². The summed E-state index contributed by atoms with van der Waals surface area (Å²) in [6, 6.07) is 10.3. The van der Waals surface area contributed by atoms with Gasteiger partial charge in [-0.2, -0.15) is 0 Å². The third-order valence-corrected chi connectivity index (χ3v) is 6.76. The third kappa shape index (κ3) is 2.65. The molecule has 1 amide bonds. The number of carbonyl (C=O) groups is 1. The Balaban J connectivity index is 1.54. The molecule has 1 aromatic heterocycles. The summed E-state index contributed by atoms with van der Waals surface area (Å²) in [5.74, 6) is 0.714. The molecule has 2 aliphatic heterocycles. The molecule has 2 aliphatic rings. The summed E-state index contributed by atoms with van der Waals surface area (Å²) in [6.45, 7) is 4.64. The number of carbonyl (C=O) groups excluding carboxylic acids is 1. The van der Waals surface area contributed by atoms with Crippen LogP contribution in [0.15, 0.2) is 30.3 Å². The minimum absolute atomic E-state index is 0.193. The first-order chi connectivity index (χ1) is 11.6. The monoisotopic (exact) mass is 344 g/mol. The van der Waals surface area contributed by atoms with E-state index in [0.29, 0.717) is 5.92 Å². The summed E-state index contributed by atoms with van der Waals surface area (Å²) in [7, 11) is 3.95. The van der Waals surface area contributed by atoms with Crippen LogP contribution in [0.2, 0.25) is 0 Å². The minimum atomic E-state index is 0.193. The van der Waals surface area contributed by atoms with Gasteiger partial charge in [-0.1, -0.05) is 18.2 Å². The average molecular weight is 344 g/mol. The SMILES string of the molecule is COC[C@@H]1CN(C)C[C@@]12CCN(C(=O)c1cc3ccccc3s1)C2. The van der Waals surface area contributed by atoms with E-state index >= 15 is 0 Å². The number of thiophene rings is 1. The fraction of sp³-hybridized carbons (Fsp3) is 0.526. The second kappa shape index (κ2) is 6.14. The topological polar surface area (TPSA) is 32.8 Å². The Morgan fingerprint density at radius 1 is 1.38 bits per heavy atom. The molecule has 0 aliphatic carbocycles. The Labute approximate surface area is 147 Å². The summed E-state index contributed by atoms with van der Waals surface area (Å²) in [6.07, 6.45) is 1.09. The number of ether oxygens (including phenoxy) is 1. The lowest BCUT2D eigenvalue weighted by atomic mass is 9.78. The number of nitrogens with zero attached hydrogens (tertiary/aromatic N) is 2. The smallest absolute Gasteiger partial charge is 0.263 e. The lowest BCUT2D eigenvalue weighted by molar-refractivity contribution is 0.0720. The maximum absolute atomic E-state index is 13.0. The molecule has 0 bridgehead atoms. The van der Waals surface area contributed by atoms with Gasteiger partial charge in [-0.05, 0) is 31.0 Å². The molecule has 2 saturated heterocycles. The highest BCUT2D eigenvalue weighted by Crippen LogP contribution is 2.44. The third-order valence-electron chi connectivity index (χ3n) is 5.66. The van der Waals surface area contributed by atoms with E-state index in [-0.39, 0.29) is 11.3 Å². The van der Waals surface area contributed by atoms with Crippen molar-refractivity contribution in [1.82, 2.24) is 9.80 Å². The van der Waals surface area contributed by atoms with Crippen LogP contribution in [0.4, 0.5) is 0 Å². The summed E-state index contributed by atoms with van der Waals surface area (Å²) in [4.78, 5) is 18.3. The van der Waals surface area contributed by atoms with Gasteiger partial charge in [0, 0.05) is 49.3 Å². The zero-order valence-corrected chi connectivity index (χ0v) is 15.1. The number of benzene rings is 1. The van der Waals surface area contributed by atoms with Crippen molar-refractivity contribution in [2.45, 2.75) is 6.42 Å². The van der Waals surface area contributed by atoms with Crippen LogP contribution in [0.1, 0.15) is 16.1 Å². The summed E-state index contributed by atoms with van der Waals surface area (Å²) in [5, 5.41) is 1.16. The minimum Gasteiger partial charge on any atom is -0.384 e. The highest BCUT2D eigenvalue weighted by molar-refractivity contribution is 7.20. The molecule has 2 aromatic rings. The summed E-state index contributed by atoms with van der Waals surface area (Å²) < 4.78 is 6.64. The maximum atomic E-state index is 13.0. The van der Waals surface area contributed by atoms with E-state index in [1.807, 2.05) is 18.2 Å². The number of hydrogen-bond acceptors (Lipinski definition) is 4. The number of rotatable bonds is 3. The van der Waals surface area contributed by atoms with Crippen LogP contribution < -0.4 is 0 Å². The highest BCUT2D eigenvalue weighted by Gasteiger charge is 2.50. The fourth-order valence-corrected chi connectivity index (χ4v) is 5.54. The average Bonchev–Trinajstić information content (AvgIpc) is 3.25. The molecule has 3 heterocycles. The zero-order valence-electron chi connectivity index (χ0n) is 14.3. The van der Waals surface area contributed by atoms with Crippen LogP contribution >= 0.6 is 11.3 Å². The molecule has 1 spiro atoms. The molecular weight excluding hydrogens is 320 g/mol. The Morgan fingerprint density at radius 3 is 3.00 bits per heavy atom. The molecule has 0 unspecified atom stereocenters. The molecular formula is C19H24N2O2S. The van der Waals surface area contributed by atoms with Gasteiger partial charge < -0.3 is 14.5 Å². The van der Waals surface area contributed by atoms with Crippen molar-refractivity contribution in [3.05, 3.63) is 35.2 Å². The van der Waals surface area contributed by atoms with Crippen molar-refractivity contribution in [3.8, 4) is 0 Å². The largest absolute Gasteiger partial charge is 0.384 e. The first-order valence-electron chi connectivity index (χ1n) is 8.57. The standard InChI is InChI=1S/C19H24N2O2S/c1-20-10-15(11-23-2)19(12-20)7-8-21(13-19)18(22)17-9-14-5-3-4-6-16(14)24-17/h3-6,9,15H,7-8,10-13H2,1-2H3/t15-,19+/m0/s1. The molecule has 2 fully saturated rings. The Kier molecular flexibility index (Phi) is 4.11. The van der Waals surface area contributed by atoms with E-state index in [2.05, 4.69) is 29.0 Å². The maximum Gasteiger partial charge on any atom is 0.263 e. The van der Waals surface area contributed by atoms with E-state index in [9.17, 15) is 4.79 Å². The molecule has 24 heavy (non-hydrogen) atoms. The van der Waals surface area contributed by atoms with Gasteiger partial charge in [0.25, 0.3) is 5.91 Å². The highest BCUT2D eigenvalue weighted by atomic mass is 32.1. The number of fused-ring (bicyclic) bond motifs is 1. The van der Waals surface area contributed by atoms with Crippen LogP contribution in [0, 0.1) is 11.3 Å². The van der Waals surface area contributed by atoms with Crippen LogP contribution in [-0.2, 0) is 4.74 Å². The Morgan fingerprint density at radius 2 is 2.21 bits per heavy atom. The van der Waals surface area contributed by atoms with Crippen molar-refractivity contribution >= 4 is 27.3 Å². The van der Waals surface area contributed by atoms with Crippen LogP contribution in [0.25, 0.3) is 10.1 Å². The predicted molar refractivity (Wildman–Crippen MR) is 97.6 cm³/mol. The number of hydrogen-bond donors (Lipinski definition) is 0. The molecule has 1 aromatic carbocycles. The first kappa shape index (κ1) is 16.1. The summed E-state index contributed by atoms with van der Waals surface area (Å²) >= 11 is 1.61. The van der Waals surface area contributed by atoms with E-state index in [4.69, 9.17) is 4.74 Å². The van der Waals surface area contributed by atoms with Crippen molar-refractivity contribution in [2.24, 2.45) is 11.3 Å². The number of methoxy groups -OCH3 is 1. The van der Waals surface area contributed by atoms with Gasteiger partial charge in [-0.3, -0.25) is 4.79 Å².